The SMILES string of the molecule is CC(C)CN1C(=O)OCc2cnc(NC(C)c3ccc(COC4CN(C(=O)OC(C)(C)C)C4)cc3)nc21. The summed E-state index contributed by atoms with van der Waals surface area (Å²) in [5, 5.41) is 3.33. The first kappa shape index (κ1) is 26.7. The zero-order valence-corrected chi connectivity index (χ0v) is 22.5. The van der Waals surface area contributed by atoms with Crippen LogP contribution in [0.1, 0.15) is 64.3 Å². The van der Waals surface area contributed by atoms with Crippen molar-refractivity contribution in [1.82, 2.24) is 14.9 Å². The van der Waals surface area contributed by atoms with E-state index in [-0.39, 0.29) is 36.9 Å². The highest BCUT2D eigenvalue weighted by Gasteiger charge is 2.34. The van der Waals surface area contributed by atoms with Gasteiger partial charge < -0.3 is 24.4 Å². The van der Waals surface area contributed by atoms with Crippen molar-refractivity contribution >= 4 is 24.0 Å². The lowest BCUT2D eigenvalue weighted by atomic mass is 10.1. The molecule has 10 nitrogen and oxygen atoms in total. The van der Waals surface area contributed by atoms with Crippen LogP contribution in [0.5, 0.6) is 0 Å². The van der Waals surface area contributed by atoms with Gasteiger partial charge in [-0.3, -0.25) is 4.90 Å². The predicted molar refractivity (Wildman–Crippen MR) is 139 cm³/mol. The number of hydrogen-bond donors (Lipinski definition) is 1. The maximum Gasteiger partial charge on any atom is 0.415 e. The molecule has 10 heteroatoms. The van der Waals surface area contributed by atoms with E-state index < -0.39 is 5.60 Å². The van der Waals surface area contributed by atoms with Gasteiger partial charge >= 0.3 is 12.2 Å². The predicted octanol–water partition coefficient (Wildman–Crippen LogP) is 4.90. The summed E-state index contributed by atoms with van der Waals surface area (Å²) < 4.78 is 16.6. The van der Waals surface area contributed by atoms with Gasteiger partial charge in [-0.15, -0.1) is 0 Å². The van der Waals surface area contributed by atoms with Crippen molar-refractivity contribution in [2.45, 2.75) is 72.5 Å². The molecule has 2 aromatic rings. The lowest BCUT2D eigenvalue weighted by Crippen LogP contribution is -2.55. The topological polar surface area (TPSA) is 106 Å². The van der Waals surface area contributed by atoms with Crippen molar-refractivity contribution in [1.29, 1.82) is 0 Å². The molecule has 0 saturated carbocycles. The summed E-state index contributed by atoms with van der Waals surface area (Å²) in [6.07, 6.45) is 1.05. The Balaban J connectivity index is 1.29. The van der Waals surface area contributed by atoms with E-state index in [1.54, 1.807) is 16.0 Å². The van der Waals surface area contributed by atoms with Crippen LogP contribution in [0.2, 0.25) is 0 Å². The number of benzene rings is 1. The van der Waals surface area contributed by atoms with Crippen LogP contribution in [0.3, 0.4) is 0 Å². The minimum Gasteiger partial charge on any atom is -0.444 e. The van der Waals surface area contributed by atoms with Crippen LogP contribution in [0.25, 0.3) is 0 Å². The van der Waals surface area contributed by atoms with Crippen molar-refractivity contribution < 1.29 is 23.8 Å². The molecular formula is C27H37N5O5. The lowest BCUT2D eigenvalue weighted by Gasteiger charge is -2.39. The molecular weight excluding hydrogens is 474 g/mol. The maximum atomic E-state index is 12.3. The molecule has 1 N–H and O–H groups in total. The first-order chi connectivity index (χ1) is 17.5. The third-order valence-corrected chi connectivity index (χ3v) is 6.03. The number of rotatable bonds is 8. The van der Waals surface area contributed by atoms with E-state index in [1.807, 2.05) is 65.8 Å². The number of amides is 2. The van der Waals surface area contributed by atoms with Crippen molar-refractivity contribution in [3.63, 3.8) is 0 Å². The average molecular weight is 512 g/mol. The summed E-state index contributed by atoms with van der Waals surface area (Å²) >= 11 is 0. The van der Waals surface area contributed by atoms with Crippen LogP contribution in [0, 0.1) is 5.92 Å². The number of hydrogen-bond acceptors (Lipinski definition) is 8. The molecule has 1 aromatic heterocycles. The Labute approximate surface area is 218 Å². The maximum absolute atomic E-state index is 12.3. The minimum atomic E-state index is -0.495. The van der Waals surface area contributed by atoms with Crippen LogP contribution >= 0.6 is 0 Å². The van der Waals surface area contributed by atoms with Crippen LogP contribution in [-0.4, -0.2) is 58.4 Å². The van der Waals surface area contributed by atoms with Crippen LogP contribution in [0.4, 0.5) is 21.4 Å². The van der Waals surface area contributed by atoms with E-state index in [0.29, 0.717) is 38.0 Å². The molecule has 0 bridgehead atoms. The number of aromatic nitrogens is 2. The highest BCUT2D eigenvalue weighted by molar-refractivity contribution is 5.89. The van der Waals surface area contributed by atoms with Crippen molar-refractivity contribution in [2.75, 3.05) is 29.9 Å². The Bertz CT molecular complexity index is 1110. The van der Waals surface area contributed by atoms with Gasteiger partial charge in [-0.25, -0.2) is 14.6 Å². The average Bonchev–Trinajstić information content (AvgIpc) is 2.79. The largest absolute Gasteiger partial charge is 0.444 e. The normalized spacial score (nSPS) is 16.7. The lowest BCUT2D eigenvalue weighted by molar-refractivity contribution is -0.0691. The number of nitrogens with one attached hydrogen (secondary N) is 1. The second-order valence-corrected chi connectivity index (χ2v) is 11.0. The smallest absolute Gasteiger partial charge is 0.415 e. The molecule has 4 rings (SSSR count). The second-order valence-electron chi connectivity index (χ2n) is 11.0. The summed E-state index contributed by atoms with van der Waals surface area (Å²) in [5.74, 6) is 1.34. The molecule has 0 radical (unpaired) electrons. The molecule has 1 saturated heterocycles. The fourth-order valence-corrected chi connectivity index (χ4v) is 4.05. The quantitative estimate of drug-likeness (QED) is 0.534. The molecule has 2 aliphatic rings. The van der Waals surface area contributed by atoms with Gasteiger partial charge in [0.25, 0.3) is 0 Å². The first-order valence-electron chi connectivity index (χ1n) is 12.7. The van der Waals surface area contributed by atoms with Crippen LogP contribution < -0.4 is 10.2 Å². The van der Waals surface area contributed by atoms with Crippen LogP contribution in [0.15, 0.2) is 30.5 Å². The Morgan fingerprint density at radius 1 is 1.19 bits per heavy atom. The monoisotopic (exact) mass is 511 g/mol. The molecule has 37 heavy (non-hydrogen) atoms. The Morgan fingerprint density at radius 2 is 1.89 bits per heavy atom. The Hall–Kier alpha value is -3.40. The highest BCUT2D eigenvalue weighted by Crippen LogP contribution is 2.27. The van der Waals surface area contributed by atoms with Gasteiger partial charge in [-0.05, 0) is 44.7 Å². The number of fused-ring (bicyclic) bond motifs is 1. The number of carbonyl (C=O) groups excluding carboxylic acids is 2. The number of ether oxygens (including phenoxy) is 3. The van der Waals surface area contributed by atoms with Gasteiger partial charge in [0.1, 0.15) is 18.0 Å². The molecule has 1 atom stereocenters. The van der Waals surface area contributed by atoms with Gasteiger partial charge in [-0.2, -0.15) is 4.98 Å². The number of nitrogens with zero attached hydrogens (tertiary/aromatic N) is 4. The second kappa shape index (κ2) is 10.9. The molecule has 0 aliphatic carbocycles. The summed E-state index contributed by atoms with van der Waals surface area (Å²) in [4.78, 5) is 36.6. The number of carbonyl (C=O) groups is 2. The van der Waals surface area contributed by atoms with Crippen molar-refractivity contribution in [3.05, 3.63) is 47.2 Å². The fraction of sp³-hybridized carbons (Fsp3) is 0.556. The Morgan fingerprint density at radius 3 is 2.54 bits per heavy atom. The zero-order chi connectivity index (χ0) is 26.7. The first-order valence-corrected chi connectivity index (χ1v) is 12.7. The van der Waals surface area contributed by atoms with E-state index in [2.05, 4.69) is 15.3 Å². The van der Waals surface area contributed by atoms with Gasteiger partial charge in [-0.1, -0.05) is 38.1 Å². The number of cyclic esters (lactones) is 1. The molecule has 0 spiro atoms. The van der Waals surface area contributed by atoms with Crippen molar-refractivity contribution in [2.24, 2.45) is 5.92 Å². The molecule has 3 heterocycles. The molecule has 1 fully saturated rings. The fourth-order valence-electron chi connectivity index (χ4n) is 4.05. The van der Waals surface area contributed by atoms with E-state index >= 15 is 0 Å². The summed E-state index contributed by atoms with van der Waals surface area (Å²) in [6.45, 7) is 14.0. The third-order valence-electron chi connectivity index (χ3n) is 6.03. The standard InChI is InChI=1S/C27H37N5O5/c1-17(2)12-32-23-21(16-36-26(32)34)11-28-24(30-23)29-18(3)20-9-7-19(8-10-20)15-35-22-13-31(14-22)25(33)37-27(4,5)6/h7-11,17-18,22H,12-16H2,1-6H3,(H,28,29,30). The third kappa shape index (κ3) is 6.88. The summed E-state index contributed by atoms with van der Waals surface area (Å²) in [7, 11) is 0. The van der Waals surface area contributed by atoms with E-state index in [4.69, 9.17) is 14.2 Å². The molecule has 2 aliphatic heterocycles. The van der Waals surface area contributed by atoms with Gasteiger partial charge in [0.15, 0.2) is 0 Å². The molecule has 1 unspecified atom stereocenters. The number of anilines is 2. The molecule has 1 aromatic carbocycles. The zero-order valence-electron chi connectivity index (χ0n) is 22.5. The molecule has 2 amide bonds. The van der Waals surface area contributed by atoms with E-state index in [0.717, 1.165) is 16.7 Å². The highest BCUT2D eigenvalue weighted by atomic mass is 16.6. The molecule has 200 valence electrons. The van der Waals surface area contributed by atoms with Crippen molar-refractivity contribution in [3.8, 4) is 0 Å². The number of likely N-dealkylation sites (tertiary alicyclic amines) is 1. The van der Waals surface area contributed by atoms with Crippen LogP contribution in [-0.2, 0) is 27.4 Å². The summed E-state index contributed by atoms with van der Waals surface area (Å²) in [5.41, 5.74) is 2.43. The van der Waals surface area contributed by atoms with Gasteiger partial charge in [0.05, 0.1) is 37.4 Å². The van der Waals surface area contributed by atoms with Gasteiger partial charge in [0, 0.05) is 12.7 Å². The van der Waals surface area contributed by atoms with E-state index in [1.165, 1.54) is 0 Å². The minimum absolute atomic E-state index is 0.0153. The Kier molecular flexibility index (Phi) is 7.87. The van der Waals surface area contributed by atoms with E-state index in [9.17, 15) is 9.59 Å². The summed E-state index contributed by atoms with van der Waals surface area (Å²) in [6, 6.07) is 8.12. The van der Waals surface area contributed by atoms with Gasteiger partial charge in [0.2, 0.25) is 5.95 Å².